The topological polar surface area (TPSA) is 70.7 Å². The van der Waals surface area contributed by atoms with E-state index in [2.05, 4.69) is 10.6 Å². The number of anilines is 2. The first-order valence-electron chi connectivity index (χ1n) is 8.24. The number of carbonyl (C=O) groups is 2. The van der Waals surface area contributed by atoms with Gasteiger partial charge in [0, 0.05) is 30.0 Å². The predicted octanol–water partition coefficient (Wildman–Crippen LogP) is 2.80. The van der Waals surface area contributed by atoms with Crippen molar-refractivity contribution >= 4 is 23.3 Å². The summed E-state index contributed by atoms with van der Waals surface area (Å²) in [6.07, 6.45) is 1.16. The molecule has 1 heterocycles. The van der Waals surface area contributed by atoms with Gasteiger partial charge in [0.05, 0.1) is 13.5 Å². The maximum absolute atomic E-state index is 12.2. The minimum atomic E-state index is -0.118. The zero-order valence-corrected chi connectivity index (χ0v) is 14.1. The van der Waals surface area contributed by atoms with Crippen molar-refractivity contribution in [2.75, 3.05) is 30.4 Å². The van der Waals surface area contributed by atoms with Crippen molar-refractivity contribution in [1.29, 1.82) is 0 Å². The highest BCUT2D eigenvalue weighted by Gasteiger charge is 2.18. The molecule has 2 aromatic carbocycles. The molecule has 0 saturated carbocycles. The monoisotopic (exact) mass is 339 g/mol. The summed E-state index contributed by atoms with van der Waals surface area (Å²) in [6.45, 7) is 1.41. The van der Waals surface area contributed by atoms with Gasteiger partial charge in [0.25, 0.3) is 0 Å². The molecule has 1 aliphatic heterocycles. The standard InChI is InChI=1S/C19H21N3O3/c1-25-17-6-3-2-5-14(17)13-18(23)21-15-7-9-16(10-8-15)22-12-4-11-20-19(22)24/h2-3,5-10H,4,11-13H2,1H3,(H,20,24)(H,21,23). The van der Waals surface area contributed by atoms with E-state index >= 15 is 0 Å². The molecular formula is C19H21N3O3. The van der Waals surface area contributed by atoms with Crippen LogP contribution in [-0.2, 0) is 11.2 Å². The summed E-state index contributed by atoms with van der Waals surface area (Å²) >= 11 is 0. The van der Waals surface area contributed by atoms with Gasteiger partial charge < -0.3 is 15.4 Å². The number of nitrogens with zero attached hydrogens (tertiary/aromatic N) is 1. The third-order valence-electron chi connectivity index (χ3n) is 4.09. The van der Waals surface area contributed by atoms with E-state index in [-0.39, 0.29) is 18.4 Å². The molecule has 2 N–H and O–H groups in total. The molecule has 0 radical (unpaired) electrons. The van der Waals surface area contributed by atoms with E-state index < -0.39 is 0 Å². The van der Waals surface area contributed by atoms with Crippen LogP contribution in [0, 0.1) is 0 Å². The smallest absolute Gasteiger partial charge is 0.321 e. The number of nitrogens with one attached hydrogen (secondary N) is 2. The minimum Gasteiger partial charge on any atom is -0.496 e. The third kappa shape index (κ3) is 4.09. The van der Waals surface area contributed by atoms with Crippen LogP contribution in [0.4, 0.5) is 16.2 Å². The largest absolute Gasteiger partial charge is 0.496 e. The zero-order valence-electron chi connectivity index (χ0n) is 14.1. The number of para-hydroxylation sites is 1. The summed E-state index contributed by atoms with van der Waals surface area (Å²) in [4.78, 5) is 25.8. The maximum atomic E-state index is 12.2. The number of methoxy groups -OCH3 is 1. The van der Waals surface area contributed by atoms with Crippen LogP contribution in [0.3, 0.4) is 0 Å². The first-order valence-corrected chi connectivity index (χ1v) is 8.24. The Morgan fingerprint density at radius 1 is 1.20 bits per heavy atom. The highest BCUT2D eigenvalue weighted by atomic mass is 16.5. The number of rotatable bonds is 5. The molecule has 6 heteroatoms. The lowest BCUT2D eigenvalue weighted by atomic mass is 10.1. The van der Waals surface area contributed by atoms with E-state index in [4.69, 9.17) is 4.74 Å². The van der Waals surface area contributed by atoms with Gasteiger partial charge in [-0.05, 0) is 36.8 Å². The normalized spacial score (nSPS) is 14.0. The summed E-state index contributed by atoms with van der Waals surface area (Å²) in [5.41, 5.74) is 2.35. The summed E-state index contributed by atoms with van der Waals surface area (Å²) in [5, 5.41) is 5.69. The highest BCUT2D eigenvalue weighted by molar-refractivity contribution is 5.94. The lowest BCUT2D eigenvalue weighted by Crippen LogP contribution is -2.46. The van der Waals surface area contributed by atoms with Crippen LogP contribution in [0.15, 0.2) is 48.5 Å². The lowest BCUT2D eigenvalue weighted by Gasteiger charge is -2.27. The van der Waals surface area contributed by atoms with E-state index in [1.54, 1.807) is 24.1 Å². The molecule has 1 fully saturated rings. The van der Waals surface area contributed by atoms with Crippen LogP contribution < -0.4 is 20.3 Å². The first kappa shape index (κ1) is 16.8. The quantitative estimate of drug-likeness (QED) is 0.880. The number of ether oxygens (including phenoxy) is 1. The van der Waals surface area contributed by atoms with Gasteiger partial charge in [-0.1, -0.05) is 18.2 Å². The fourth-order valence-corrected chi connectivity index (χ4v) is 2.83. The summed E-state index contributed by atoms with van der Waals surface area (Å²) in [7, 11) is 1.59. The summed E-state index contributed by atoms with van der Waals surface area (Å²) < 4.78 is 5.27. The van der Waals surface area contributed by atoms with Crippen molar-refractivity contribution in [2.45, 2.75) is 12.8 Å². The second-order valence-electron chi connectivity index (χ2n) is 5.82. The van der Waals surface area contributed by atoms with E-state index in [0.29, 0.717) is 24.5 Å². The van der Waals surface area contributed by atoms with Crippen molar-refractivity contribution in [2.24, 2.45) is 0 Å². The molecule has 25 heavy (non-hydrogen) atoms. The Morgan fingerprint density at radius 2 is 1.96 bits per heavy atom. The molecule has 1 aliphatic rings. The van der Waals surface area contributed by atoms with Gasteiger partial charge in [-0.3, -0.25) is 9.69 Å². The van der Waals surface area contributed by atoms with E-state index in [1.165, 1.54) is 0 Å². The molecule has 0 atom stereocenters. The average molecular weight is 339 g/mol. The van der Waals surface area contributed by atoms with Crippen molar-refractivity contribution < 1.29 is 14.3 Å². The van der Waals surface area contributed by atoms with Gasteiger partial charge >= 0.3 is 6.03 Å². The zero-order chi connectivity index (χ0) is 17.6. The molecule has 0 unspecified atom stereocenters. The third-order valence-corrected chi connectivity index (χ3v) is 4.09. The van der Waals surface area contributed by atoms with Gasteiger partial charge in [-0.15, -0.1) is 0 Å². The van der Waals surface area contributed by atoms with Crippen molar-refractivity contribution in [3.05, 3.63) is 54.1 Å². The molecule has 0 spiro atoms. The molecule has 0 aromatic heterocycles. The summed E-state index contributed by atoms with van der Waals surface area (Å²) in [5.74, 6) is 0.581. The fourth-order valence-electron chi connectivity index (χ4n) is 2.83. The van der Waals surface area contributed by atoms with Crippen molar-refractivity contribution in [3.63, 3.8) is 0 Å². The van der Waals surface area contributed by atoms with Crippen LogP contribution in [0.25, 0.3) is 0 Å². The number of hydrogen-bond acceptors (Lipinski definition) is 3. The van der Waals surface area contributed by atoms with Crippen LogP contribution in [0.2, 0.25) is 0 Å². The molecule has 3 rings (SSSR count). The van der Waals surface area contributed by atoms with Gasteiger partial charge in [-0.25, -0.2) is 4.79 Å². The van der Waals surface area contributed by atoms with Gasteiger partial charge in [0.1, 0.15) is 5.75 Å². The van der Waals surface area contributed by atoms with Gasteiger partial charge in [0.15, 0.2) is 0 Å². The van der Waals surface area contributed by atoms with Crippen molar-refractivity contribution in [1.82, 2.24) is 5.32 Å². The minimum absolute atomic E-state index is 0.0841. The van der Waals surface area contributed by atoms with E-state index in [0.717, 1.165) is 17.7 Å². The van der Waals surface area contributed by atoms with Gasteiger partial charge in [0.2, 0.25) is 5.91 Å². The van der Waals surface area contributed by atoms with Crippen LogP contribution in [0.1, 0.15) is 12.0 Å². The second kappa shape index (κ2) is 7.70. The Kier molecular flexibility index (Phi) is 5.18. The summed E-state index contributed by atoms with van der Waals surface area (Å²) in [6, 6.07) is 14.7. The van der Waals surface area contributed by atoms with Gasteiger partial charge in [-0.2, -0.15) is 0 Å². The lowest BCUT2D eigenvalue weighted by molar-refractivity contribution is -0.115. The fraction of sp³-hybridized carbons (Fsp3) is 0.263. The highest BCUT2D eigenvalue weighted by Crippen LogP contribution is 2.21. The van der Waals surface area contributed by atoms with Crippen molar-refractivity contribution in [3.8, 4) is 5.75 Å². The van der Waals surface area contributed by atoms with Crippen LogP contribution in [-0.4, -0.2) is 32.1 Å². The molecule has 3 amide bonds. The van der Waals surface area contributed by atoms with E-state index in [9.17, 15) is 9.59 Å². The number of carbonyl (C=O) groups excluding carboxylic acids is 2. The number of benzene rings is 2. The molecule has 6 nitrogen and oxygen atoms in total. The molecule has 1 saturated heterocycles. The van der Waals surface area contributed by atoms with Crippen LogP contribution >= 0.6 is 0 Å². The Labute approximate surface area is 146 Å². The predicted molar refractivity (Wildman–Crippen MR) is 97.1 cm³/mol. The SMILES string of the molecule is COc1ccccc1CC(=O)Nc1ccc(N2CCCNC2=O)cc1. The number of amides is 3. The van der Waals surface area contributed by atoms with Crippen LogP contribution in [0.5, 0.6) is 5.75 Å². The maximum Gasteiger partial charge on any atom is 0.321 e. The Bertz CT molecular complexity index is 759. The Morgan fingerprint density at radius 3 is 2.68 bits per heavy atom. The molecule has 130 valence electrons. The number of urea groups is 1. The van der Waals surface area contributed by atoms with E-state index in [1.807, 2.05) is 36.4 Å². The average Bonchev–Trinajstić information content (AvgIpc) is 2.63. The molecular weight excluding hydrogens is 318 g/mol. The Hall–Kier alpha value is -3.02. The molecule has 0 bridgehead atoms. The molecule has 2 aromatic rings. The number of hydrogen-bond donors (Lipinski definition) is 2. The molecule has 0 aliphatic carbocycles. The first-order chi connectivity index (χ1) is 12.2. The Balaban J connectivity index is 1.63. The second-order valence-corrected chi connectivity index (χ2v) is 5.82.